The maximum absolute atomic E-state index is 4.54. The van der Waals surface area contributed by atoms with E-state index in [0.29, 0.717) is 0 Å². The van der Waals surface area contributed by atoms with Crippen molar-refractivity contribution >= 4 is 11.3 Å². The third kappa shape index (κ3) is 3.23. The first-order valence-corrected chi connectivity index (χ1v) is 7.67. The van der Waals surface area contributed by atoms with E-state index in [1.165, 1.54) is 22.4 Å². The molecule has 19 heavy (non-hydrogen) atoms. The number of hydrogen-bond donors (Lipinski definition) is 1. The van der Waals surface area contributed by atoms with E-state index >= 15 is 0 Å². The maximum Gasteiger partial charge on any atom is 0.0900 e. The summed E-state index contributed by atoms with van der Waals surface area (Å²) in [6.07, 6.45) is 2.33. The zero-order valence-electron chi connectivity index (χ0n) is 12.2. The van der Waals surface area contributed by atoms with Crippen LogP contribution in [0.5, 0.6) is 0 Å². The van der Waals surface area contributed by atoms with E-state index in [2.05, 4.69) is 55.3 Å². The van der Waals surface area contributed by atoms with Gasteiger partial charge < -0.3 is 5.32 Å². The number of nitrogens with one attached hydrogen (secondary N) is 1. The molecule has 0 amide bonds. The van der Waals surface area contributed by atoms with Crippen molar-refractivity contribution in [3.05, 3.63) is 51.0 Å². The molecule has 2 aromatic rings. The molecule has 0 fully saturated rings. The molecule has 102 valence electrons. The molecular weight excluding hydrogens is 252 g/mol. The summed E-state index contributed by atoms with van der Waals surface area (Å²) in [5, 5.41) is 4.57. The molecule has 1 aromatic heterocycles. The van der Waals surface area contributed by atoms with Gasteiger partial charge in [0.15, 0.2) is 0 Å². The smallest absolute Gasteiger partial charge is 0.0900 e. The molecule has 1 aromatic carbocycles. The van der Waals surface area contributed by atoms with Crippen LogP contribution >= 0.6 is 11.3 Å². The van der Waals surface area contributed by atoms with Gasteiger partial charge in [0.1, 0.15) is 0 Å². The molecule has 1 unspecified atom stereocenters. The molecule has 1 atom stereocenters. The third-order valence-corrected chi connectivity index (χ3v) is 4.45. The van der Waals surface area contributed by atoms with E-state index in [0.717, 1.165) is 17.1 Å². The van der Waals surface area contributed by atoms with Crippen molar-refractivity contribution < 1.29 is 0 Å². The van der Waals surface area contributed by atoms with E-state index in [4.69, 9.17) is 0 Å². The van der Waals surface area contributed by atoms with Gasteiger partial charge in [0.2, 0.25) is 0 Å². The van der Waals surface area contributed by atoms with Gasteiger partial charge in [-0.2, -0.15) is 0 Å². The monoisotopic (exact) mass is 274 g/mol. The second kappa shape index (κ2) is 6.31. The fourth-order valence-corrected chi connectivity index (χ4v) is 3.55. The first-order chi connectivity index (χ1) is 9.15. The van der Waals surface area contributed by atoms with Crippen LogP contribution in [0, 0.1) is 13.8 Å². The molecule has 2 rings (SSSR count). The largest absolute Gasteiger partial charge is 0.309 e. The van der Waals surface area contributed by atoms with E-state index < -0.39 is 0 Å². The van der Waals surface area contributed by atoms with Crippen LogP contribution in [-0.2, 0) is 6.42 Å². The van der Waals surface area contributed by atoms with Crippen LogP contribution in [0.4, 0.5) is 0 Å². The van der Waals surface area contributed by atoms with Gasteiger partial charge in [-0.1, -0.05) is 37.6 Å². The van der Waals surface area contributed by atoms with Crippen LogP contribution in [0.25, 0.3) is 0 Å². The van der Waals surface area contributed by atoms with E-state index in [1.807, 2.05) is 7.05 Å². The van der Waals surface area contributed by atoms with E-state index in [1.54, 1.807) is 11.3 Å². The number of aryl methyl sites for hydroxylation is 3. The predicted octanol–water partition coefficient (Wildman–Crippen LogP) is 4.02. The summed E-state index contributed by atoms with van der Waals surface area (Å²) >= 11 is 1.79. The average molecular weight is 274 g/mol. The zero-order valence-corrected chi connectivity index (χ0v) is 13.0. The van der Waals surface area contributed by atoms with Crippen molar-refractivity contribution in [1.29, 1.82) is 0 Å². The summed E-state index contributed by atoms with van der Waals surface area (Å²) in [6, 6.07) is 9.15. The molecular formula is C16H22N2S. The molecule has 0 aliphatic rings. The molecule has 0 saturated heterocycles. The van der Waals surface area contributed by atoms with Crippen molar-refractivity contribution in [1.82, 2.24) is 10.3 Å². The van der Waals surface area contributed by atoms with Crippen LogP contribution in [0.15, 0.2) is 24.3 Å². The number of thiazole rings is 1. The fraction of sp³-hybridized carbons (Fsp3) is 0.438. The number of benzene rings is 1. The molecule has 1 heterocycles. The van der Waals surface area contributed by atoms with Crippen molar-refractivity contribution in [3.63, 3.8) is 0 Å². The summed E-state index contributed by atoms with van der Waals surface area (Å²) in [6.45, 7) is 6.39. The van der Waals surface area contributed by atoms with Gasteiger partial charge in [-0.15, -0.1) is 11.3 Å². The molecule has 0 radical (unpaired) electrons. The lowest BCUT2D eigenvalue weighted by atomic mass is 10.00. The molecule has 0 aliphatic heterocycles. The van der Waals surface area contributed by atoms with Crippen LogP contribution in [0.2, 0.25) is 0 Å². The first-order valence-electron chi connectivity index (χ1n) is 6.85. The standard InChI is InChI=1S/C16H22N2S/c1-5-7-13-8-6-9-14(10-13)15(17-4)16-11(2)18-12(3)19-16/h6,8-10,15,17H,5,7H2,1-4H3. The van der Waals surface area contributed by atoms with Crippen LogP contribution in [0.3, 0.4) is 0 Å². The number of hydrogen-bond acceptors (Lipinski definition) is 3. The van der Waals surface area contributed by atoms with Crippen LogP contribution < -0.4 is 5.32 Å². The number of nitrogens with zero attached hydrogens (tertiary/aromatic N) is 1. The second-order valence-corrected chi connectivity index (χ2v) is 6.13. The van der Waals surface area contributed by atoms with Gasteiger partial charge in [0, 0.05) is 4.88 Å². The Kier molecular flexibility index (Phi) is 4.72. The number of aromatic nitrogens is 1. The van der Waals surface area contributed by atoms with Crippen molar-refractivity contribution in [2.75, 3.05) is 7.05 Å². The minimum absolute atomic E-state index is 0.253. The highest BCUT2D eigenvalue weighted by atomic mass is 32.1. The molecule has 0 spiro atoms. The van der Waals surface area contributed by atoms with Gasteiger partial charge in [0.25, 0.3) is 0 Å². The zero-order chi connectivity index (χ0) is 13.8. The van der Waals surface area contributed by atoms with Gasteiger partial charge in [-0.3, -0.25) is 0 Å². The minimum atomic E-state index is 0.253. The quantitative estimate of drug-likeness (QED) is 0.890. The van der Waals surface area contributed by atoms with Crippen molar-refractivity contribution in [2.24, 2.45) is 0 Å². The highest BCUT2D eigenvalue weighted by Gasteiger charge is 2.17. The highest BCUT2D eigenvalue weighted by molar-refractivity contribution is 7.11. The van der Waals surface area contributed by atoms with Gasteiger partial charge >= 0.3 is 0 Å². The lowest BCUT2D eigenvalue weighted by Gasteiger charge is -2.16. The Morgan fingerprint density at radius 3 is 2.68 bits per heavy atom. The first kappa shape index (κ1) is 14.2. The topological polar surface area (TPSA) is 24.9 Å². The second-order valence-electron chi connectivity index (χ2n) is 4.90. The lowest BCUT2D eigenvalue weighted by Crippen LogP contribution is -2.17. The molecule has 0 bridgehead atoms. The lowest BCUT2D eigenvalue weighted by molar-refractivity contribution is 0.696. The Bertz CT molecular complexity index is 545. The van der Waals surface area contributed by atoms with Crippen LogP contribution in [-0.4, -0.2) is 12.0 Å². The summed E-state index contributed by atoms with van der Waals surface area (Å²) < 4.78 is 0. The van der Waals surface area contributed by atoms with Crippen molar-refractivity contribution in [3.8, 4) is 0 Å². The summed E-state index contributed by atoms with van der Waals surface area (Å²) in [4.78, 5) is 5.87. The molecule has 3 heteroatoms. The Labute approximate surface area is 119 Å². The highest BCUT2D eigenvalue weighted by Crippen LogP contribution is 2.30. The minimum Gasteiger partial charge on any atom is -0.309 e. The van der Waals surface area contributed by atoms with E-state index in [-0.39, 0.29) is 6.04 Å². The molecule has 0 saturated carbocycles. The van der Waals surface area contributed by atoms with E-state index in [9.17, 15) is 0 Å². The Morgan fingerprint density at radius 1 is 1.32 bits per heavy atom. The summed E-state index contributed by atoms with van der Waals surface area (Å²) in [5.41, 5.74) is 3.89. The predicted molar refractivity (Wildman–Crippen MR) is 82.9 cm³/mol. The molecule has 2 nitrogen and oxygen atoms in total. The fourth-order valence-electron chi connectivity index (χ4n) is 2.48. The summed E-state index contributed by atoms with van der Waals surface area (Å²) in [5.74, 6) is 0. The SMILES string of the molecule is CCCc1cccc(C(NC)c2sc(C)nc2C)c1. The normalized spacial score (nSPS) is 12.6. The average Bonchev–Trinajstić information content (AvgIpc) is 2.71. The van der Waals surface area contributed by atoms with Gasteiger partial charge in [-0.25, -0.2) is 4.98 Å². The Balaban J connectivity index is 2.36. The van der Waals surface area contributed by atoms with Crippen molar-refractivity contribution in [2.45, 2.75) is 39.7 Å². The third-order valence-electron chi connectivity index (χ3n) is 3.31. The maximum atomic E-state index is 4.54. The van der Waals surface area contributed by atoms with Gasteiger partial charge in [-0.05, 0) is 38.4 Å². The molecule has 0 aliphatic carbocycles. The Morgan fingerprint density at radius 2 is 2.11 bits per heavy atom. The number of rotatable bonds is 5. The summed E-state index contributed by atoms with van der Waals surface area (Å²) in [7, 11) is 2.02. The van der Waals surface area contributed by atoms with Gasteiger partial charge in [0.05, 0.1) is 16.7 Å². The Hall–Kier alpha value is -1.19. The van der Waals surface area contributed by atoms with Crippen LogP contribution in [0.1, 0.15) is 46.1 Å². The molecule has 1 N–H and O–H groups in total.